The van der Waals surface area contributed by atoms with Crippen molar-refractivity contribution in [2.45, 2.75) is 0 Å². The molecule has 0 atom stereocenters. The fraction of sp³-hybridized carbons (Fsp3) is 0.182. The molecule has 0 spiro atoms. The van der Waals surface area contributed by atoms with Gasteiger partial charge in [0.2, 0.25) is 0 Å². The molecule has 0 bridgehead atoms. The van der Waals surface area contributed by atoms with Crippen molar-refractivity contribution in [1.82, 2.24) is 5.32 Å². The number of benzene rings is 1. The number of nitrogens with one attached hydrogen (secondary N) is 1. The average molecular weight is 271 g/mol. The van der Waals surface area contributed by atoms with Crippen LogP contribution in [0.4, 0.5) is 9.18 Å². The van der Waals surface area contributed by atoms with Gasteiger partial charge in [0.1, 0.15) is 11.6 Å². The highest BCUT2D eigenvalue weighted by Gasteiger charge is 2.12. The first-order valence-corrected chi connectivity index (χ1v) is 4.97. The molecule has 0 fully saturated rings. The smallest absolute Gasteiger partial charge is 0.413 e. The van der Waals surface area contributed by atoms with Gasteiger partial charge in [-0.2, -0.15) is 0 Å². The number of aromatic carboxylic acids is 1. The zero-order valence-electron chi connectivity index (χ0n) is 9.81. The van der Waals surface area contributed by atoms with E-state index in [0.29, 0.717) is 0 Å². The predicted molar refractivity (Wildman–Crippen MR) is 59.4 cm³/mol. The molecule has 1 aromatic rings. The number of carbonyl (C=O) groups excluding carboxylic acids is 2. The van der Waals surface area contributed by atoms with Crippen molar-refractivity contribution in [1.29, 1.82) is 0 Å². The second-order valence-electron chi connectivity index (χ2n) is 3.28. The summed E-state index contributed by atoms with van der Waals surface area (Å²) in [4.78, 5) is 32.4. The lowest BCUT2D eigenvalue weighted by molar-refractivity contribution is -0.122. The number of rotatable bonds is 4. The molecule has 102 valence electrons. The second kappa shape index (κ2) is 6.34. The minimum atomic E-state index is -1.41. The van der Waals surface area contributed by atoms with Crippen molar-refractivity contribution in [3.8, 4) is 5.75 Å². The Morgan fingerprint density at radius 1 is 1.37 bits per heavy atom. The SMILES string of the molecule is COC(=O)NC(=O)COc1ccc(C(=O)O)c(F)c1. The summed E-state index contributed by atoms with van der Waals surface area (Å²) in [5, 5.41) is 10.4. The van der Waals surface area contributed by atoms with Gasteiger partial charge in [0, 0.05) is 6.07 Å². The second-order valence-corrected chi connectivity index (χ2v) is 3.28. The van der Waals surface area contributed by atoms with Crippen LogP contribution in [0.15, 0.2) is 18.2 Å². The van der Waals surface area contributed by atoms with E-state index in [4.69, 9.17) is 9.84 Å². The van der Waals surface area contributed by atoms with E-state index in [1.807, 2.05) is 5.32 Å². The highest BCUT2D eigenvalue weighted by Crippen LogP contribution is 2.16. The van der Waals surface area contributed by atoms with E-state index in [1.54, 1.807) is 0 Å². The number of ether oxygens (including phenoxy) is 2. The van der Waals surface area contributed by atoms with Gasteiger partial charge in [-0.25, -0.2) is 14.0 Å². The van der Waals surface area contributed by atoms with Gasteiger partial charge in [-0.3, -0.25) is 10.1 Å². The lowest BCUT2D eigenvalue weighted by Crippen LogP contribution is -2.34. The maximum Gasteiger partial charge on any atom is 0.413 e. The minimum absolute atomic E-state index is 0.0393. The van der Waals surface area contributed by atoms with Crippen LogP contribution in [0.3, 0.4) is 0 Å². The number of halogens is 1. The zero-order valence-corrected chi connectivity index (χ0v) is 9.81. The third-order valence-electron chi connectivity index (χ3n) is 1.97. The Balaban J connectivity index is 2.59. The number of hydrogen-bond donors (Lipinski definition) is 2. The van der Waals surface area contributed by atoms with E-state index in [1.165, 1.54) is 6.07 Å². The number of carbonyl (C=O) groups is 3. The normalized spacial score (nSPS) is 9.58. The molecule has 0 saturated carbocycles. The van der Waals surface area contributed by atoms with Gasteiger partial charge in [0.15, 0.2) is 6.61 Å². The number of carboxylic acids is 1. The Morgan fingerprint density at radius 2 is 2.05 bits per heavy atom. The Bertz CT molecular complexity index is 516. The van der Waals surface area contributed by atoms with Gasteiger partial charge in [-0.05, 0) is 12.1 Å². The van der Waals surface area contributed by atoms with E-state index >= 15 is 0 Å². The van der Waals surface area contributed by atoms with Gasteiger partial charge in [0.05, 0.1) is 12.7 Å². The molecular weight excluding hydrogens is 261 g/mol. The molecule has 0 aliphatic rings. The molecule has 7 nitrogen and oxygen atoms in total. The fourth-order valence-corrected chi connectivity index (χ4v) is 1.11. The summed E-state index contributed by atoms with van der Waals surface area (Å²) >= 11 is 0. The summed E-state index contributed by atoms with van der Waals surface area (Å²) in [7, 11) is 1.09. The molecule has 1 rings (SSSR count). The first-order chi connectivity index (χ1) is 8.93. The molecule has 1 aromatic carbocycles. The molecule has 19 heavy (non-hydrogen) atoms. The highest BCUT2D eigenvalue weighted by atomic mass is 19.1. The maximum atomic E-state index is 13.3. The predicted octanol–water partition coefficient (Wildman–Crippen LogP) is 0.785. The van der Waals surface area contributed by atoms with Crippen LogP contribution in [0, 0.1) is 5.82 Å². The topological polar surface area (TPSA) is 102 Å². The number of methoxy groups -OCH3 is 1. The first-order valence-electron chi connectivity index (χ1n) is 4.97. The van der Waals surface area contributed by atoms with E-state index in [2.05, 4.69) is 4.74 Å². The first kappa shape index (κ1) is 14.4. The number of alkyl carbamates (subject to hydrolysis) is 1. The van der Waals surface area contributed by atoms with Crippen LogP contribution in [0.5, 0.6) is 5.75 Å². The third-order valence-corrected chi connectivity index (χ3v) is 1.97. The van der Waals surface area contributed by atoms with Gasteiger partial charge in [-0.1, -0.05) is 0 Å². The molecule has 0 aliphatic carbocycles. The largest absolute Gasteiger partial charge is 0.484 e. The number of hydrogen-bond acceptors (Lipinski definition) is 5. The number of imide groups is 1. The standard InChI is InChI=1S/C11H10FNO6/c1-18-11(17)13-9(14)5-19-6-2-3-7(10(15)16)8(12)4-6/h2-4H,5H2,1H3,(H,15,16)(H,13,14,17). The van der Waals surface area contributed by atoms with Crippen LogP contribution in [0.25, 0.3) is 0 Å². The van der Waals surface area contributed by atoms with E-state index in [9.17, 15) is 18.8 Å². The van der Waals surface area contributed by atoms with Crippen molar-refractivity contribution < 1.29 is 33.4 Å². The third kappa shape index (κ3) is 4.26. The van der Waals surface area contributed by atoms with E-state index < -0.39 is 36.0 Å². The van der Waals surface area contributed by atoms with Gasteiger partial charge < -0.3 is 14.6 Å². The van der Waals surface area contributed by atoms with Gasteiger partial charge in [0.25, 0.3) is 5.91 Å². The summed E-state index contributed by atoms with van der Waals surface area (Å²) in [6.07, 6.45) is -0.944. The molecule has 0 heterocycles. The minimum Gasteiger partial charge on any atom is -0.484 e. The zero-order chi connectivity index (χ0) is 14.4. The van der Waals surface area contributed by atoms with Crippen molar-refractivity contribution in [3.63, 3.8) is 0 Å². The summed E-state index contributed by atoms with van der Waals surface area (Å²) in [5.41, 5.74) is -0.508. The average Bonchev–Trinajstić information content (AvgIpc) is 2.35. The molecule has 0 aliphatic heterocycles. The molecule has 8 heteroatoms. The molecule has 0 radical (unpaired) electrons. The van der Waals surface area contributed by atoms with Gasteiger partial charge in [-0.15, -0.1) is 0 Å². The highest BCUT2D eigenvalue weighted by molar-refractivity contribution is 5.92. The Hall–Kier alpha value is -2.64. The van der Waals surface area contributed by atoms with Crippen molar-refractivity contribution in [2.75, 3.05) is 13.7 Å². The lowest BCUT2D eigenvalue weighted by Gasteiger charge is -2.06. The van der Waals surface area contributed by atoms with Crippen LogP contribution in [-0.4, -0.2) is 36.8 Å². The molecular formula is C11H10FNO6. The molecule has 0 aromatic heterocycles. The van der Waals surface area contributed by atoms with E-state index in [-0.39, 0.29) is 5.75 Å². The van der Waals surface area contributed by atoms with Crippen molar-refractivity contribution in [2.24, 2.45) is 0 Å². The quantitative estimate of drug-likeness (QED) is 0.839. The number of amides is 2. The summed E-state index contributed by atoms with van der Waals surface area (Å²) in [6, 6.07) is 3.03. The molecule has 0 saturated heterocycles. The molecule has 0 unspecified atom stereocenters. The Labute approximate surface area is 106 Å². The molecule has 2 amide bonds. The van der Waals surface area contributed by atoms with Crippen molar-refractivity contribution >= 4 is 18.0 Å². The van der Waals surface area contributed by atoms with Crippen LogP contribution < -0.4 is 10.1 Å². The van der Waals surface area contributed by atoms with Crippen molar-refractivity contribution in [3.05, 3.63) is 29.6 Å². The Morgan fingerprint density at radius 3 is 2.58 bits per heavy atom. The summed E-state index contributed by atoms with van der Waals surface area (Å²) in [6.45, 7) is -0.541. The summed E-state index contributed by atoms with van der Waals surface area (Å²) < 4.78 is 22.3. The van der Waals surface area contributed by atoms with E-state index in [0.717, 1.165) is 19.2 Å². The fourth-order valence-electron chi connectivity index (χ4n) is 1.11. The molecule has 2 N–H and O–H groups in total. The maximum absolute atomic E-state index is 13.3. The van der Waals surface area contributed by atoms with Crippen LogP contribution in [0.1, 0.15) is 10.4 Å². The van der Waals surface area contributed by atoms with Crippen LogP contribution in [0.2, 0.25) is 0 Å². The van der Waals surface area contributed by atoms with Gasteiger partial charge >= 0.3 is 12.1 Å². The monoisotopic (exact) mass is 271 g/mol. The summed E-state index contributed by atoms with van der Waals surface area (Å²) in [5.74, 6) is -3.22. The number of carboxylic acid groups (broad SMARTS) is 1. The lowest BCUT2D eigenvalue weighted by atomic mass is 10.2. The van der Waals surface area contributed by atoms with Crippen LogP contribution >= 0.6 is 0 Å². The van der Waals surface area contributed by atoms with Crippen LogP contribution in [-0.2, 0) is 9.53 Å². The Kier molecular flexibility index (Phi) is 4.81.